The van der Waals surface area contributed by atoms with E-state index in [-0.39, 0.29) is 11.6 Å². The number of aromatic amines is 1. The quantitative estimate of drug-likeness (QED) is 0.639. The van der Waals surface area contributed by atoms with Gasteiger partial charge in [0.15, 0.2) is 0 Å². The molecule has 3 aromatic rings. The lowest BCUT2D eigenvalue weighted by Crippen LogP contribution is -2.28. The Hall–Kier alpha value is -2.96. The Morgan fingerprint density at radius 3 is 2.68 bits per heavy atom. The highest BCUT2D eigenvalue weighted by Crippen LogP contribution is 2.07. The van der Waals surface area contributed by atoms with Crippen LogP contribution in [0.2, 0.25) is 0 Å². The molecule has 7 heteroatoms. The van der Waals surface area contributed by atoms with E-state index in [0.717, 1.165) is 4.57 Å². The molecule has 1 aromatic carbocycles. The second-order valence-corrected chi connectivity index (χ2v) is 3.91. The van der Waals surface area contributed by atoms with Crippen LogP contribution in [0.1, 0.15) is 0 Å². The maximum atomic E-state index is 11.9. The fourth-order valence-electron chi connectivity index (χ4n) is 1.76. The van der Waals surface area contributed by atoms with Gasteiger partial charge in [-0.2, -0.15) is 4.98 Å². The monoisotopic (exact) mass is 255 g/mol. The molecule has 0 saturated heterocycles. The van der Waals surface area contributed by atoms with Crippen molar-refractivity contribution >= 4 is 16.9 Å². The summed E-state index contributed by atoms with van der Waals surface area (Å²) in [6.45, 7) is 0. The number of H-pyrrole nitrogens is 1. The molecule has 0 aliphatic rings. The molecule has 0 amide bonds. The van der Waals surface area contributed by atoms with Crippen LogP contribution in [0.15, 0.2) is 46.1 Å². The van der Waals surface area contributed by atoms with Gasteiger partial charge in [-0.3, -0.25) is 4.79 Å². The molecule has 0 bridgehead atoms. The number of rotatable bonds is 1. The molecule has 19 heavy (non-hydrogen) atoms. The summed E-state index contributed by atoms with van der Waals surface area (Å²) in [5, 5.41) is 0. The van der Waals surface area contributed by atoms with Crippen molar-refractivity contribution in [1.29, 1.82) is 0 Å². The van der Waals surface area contributed by atoms with Crippen LogP contribution < -0.4 is 17.0 Å². The minimum absolute atomic E-state index is 0.0313. The number of hydrogen-bond acceptors (Lipinski definition) is 5. The lowest BCUT2D eigenvalue weighted by Gasteiger charge is -2.04. The molecular weight excluding hydrogens is 246 g/mol. The predicted molar refractivity (Wildman–Crippen MR) is 70.2 cm³/mol. The topological polar surface area (TPSA) is 107 Å². The molecule has 2 heterocycles. The second kappa shape index (κ2) is 4.05. The Kier molecular flexibility index (Phi) is 2.38. The van der Waals surface area contributed by atoms with Crippen LogP contribution in [0.25, 0.3) is 16.9 Å². The molecule has 7 nitrogen and oxygen atoms in total. The third-order valence-corrected chi connectivity index (χ3v) is 2.64. The van der Waals surface area contributed by atoms with E-state index >= 15 is 0 Å². The first-order valence-electron chi connectivity index (χ1n) is 5.50. The normalized spacial score (nSPS) is 10.7. The Bertz CT molecular complexity index is 881. The van der Waals surface area contributed by atoms with E-state index in [2.05, 4.69) is 15.0 Å². The van der Waals surface area contributed by atoms with Gasteiger partial charge in [0.2, 0.25) is 5.82 Å². The van der Waals surface area contributed by atoms with E-state index < -0.39 is 11.2 Å². The second-order valence-electron chi connectivity index (χ2n) is 3.91. The van der Waals surface area contributed by atoms with Gasteiger partial charge in [-0.1, -0.05) is 12.1 Å². The minimum Gasteiger partial charge on any atom is -0.383 e. The average molecular weight is 255 g/mol. The van der Waals surface area contributed by atoms with Crippen LogP contribution in [0, 0.1) is 0 Å². The number of nitrogens with two attached hydrogens (primary N) is 1. The van der Waals surface area contributed by atoms with Crippen molar-refractivity contribution in [3.63, 3.8) is 0 Å². The van der Waals surface area contributed by atoms with E-state index in [1.807, 2.05) is 0 Å². The smallest absolute Gasteiger partial charge is 0.355 e. The van der Waals surface area contributed by atoms with Crippen LogP contribution >= 0.6 is 0 Å². The summed E-state index contributed by atoms with van der Waals surface area (Å²) in [6, 6.07) is 8.48. The molecule has 2 aromatic heterocycles. The molecule has 0 unspecified atom stereocenters. The first-order chi connectivity index (χ1) is 9.15. The third-order valence-electron chi connectivity index (χ3n) is 2.64. The highest BCUT2D eigenvalue weighted by molar-refractivity contribution is 5.74. The van der Waals surface area contributed by atoms with Crippen molar-refractivity contribution in [1.82, 2.24) is 19.5 Å². The number of nitrogens with zero attached hydrogens (tertiary/aromatic N) is 3. The van der Waals surface area contributed by atoms with Crippen molar-refractivity contribution < 1.29 is 0 Å². The number of nitrogen functional groups attached to an aromatic ring is 1. The summed E-state index contributed by atoms with van der Waals surface area (Å²) >= 11 is 0. The summed E-state index contributed by atoms with van der Waals surface area (Å²) in [5.74, 6) is 0.0645. The molecule has 0 fully saturated rings. The number of nitrogens with one attached hydrogen (secondary N) is 1. The van der Waals surface area contributed by atoms with Gasteiger partial charge in [-0.15, -0.1) is 0 Å². The zero-order valence-electron chi connectivity index (χ0n) is 9.70. The molecule has 0 saturated carbocycles. The maximum Gasteiger partial charge on any atom is 0.355 e. The summed E-state index contributed by atoms with van der Waals surface area (Å²) in [4.78, 5) is 34.0. The fraction of sp³-hybridized carbons (Fsp3) is 0. The molecular formula is C12H9N5O2. The highest BCUT2D eigenvalue weighted by Gasteiger charge is 2.09. The number of fused-ring (bicyclic) bond motifs is 1. The first-order valence-corrected chi connectivity index (χ1v) is 5.50. The summed E-state index contributed by atoms with van der Waals surface area (Å²) in [6.07, 6.45) is 1.37. The van der Waals surface area contributed by atoms with Gasteiger partial charge in [0.1, 0.15) is 5.82 Å². The van der Waals surface area contributed by atoms with E-state index in [4.69, 9.17) is 5.73 Å². The molecule has 94 valence electrons. The molecule has 0 aliphatic carbocycles. The van der Waals surface area contributed by atoms with Gasteiger partial charge >= 0.3 is 5.69 Å². The summed E-state index contributed by atoms with van der Waals surface area (Å²) < 4.78 is 1.06. The highest BCUT2D eigenvalue weighted by atomic mass is 16.2. The summed E-state index contributed by atoms with van der Waals surface area (Å²) in [5.41, 5.74) is 5.48. The lowest BCUT2D eigenvalue weighted by atomic mass is 10.3. The predicted octanol–water partition coefficient (Wildman–Crippen LogP) is 0.0512. The van der Waals surface area contributed by atoms with Crippen molar-refractivity contribution in [3.8, 4) is 5.82 Å². The average Bonchev–Trinajstić information content (AvgIpc) is 2.38. The van der Waals surface area contributed by atoms with Crippen molar-refractivity contribution in [2.45, 2.75) is 0 Å². The zero-order valence-corrected chi connectivity index (χ0v) is 9.70. The van der Waals surface area contributed by atoms with E-state index in [9.17, 15) is 9.59 Å². The number of benzene rings is 1. The molecule has 0 radical (unpaired) electrons. The number of anilines is 1. The van der Waals surface area contributed by atoms with Gasteiger partial charge in [0.25, 0.3) is 5.56 Å². The van der Waals surface area contributed by atoms with Gasteiger partial charge in [0.05, 0.1) is 11.0 Å². The zero-order chi connectivity index (χ0) is 13.4. The third kappa shape index (κ3) is 1.86. The van der Waals surface area contributed by atoms with Crippen LogP contribution in [-0.4, -0.2) is 19.5 Å². The molecule has 0 aliphatic heterocycles. The molecule has 0 atom stereocenters. The van der Waals surface area contributed by atoms with Crippen molar-refractivity contribution in [3.05, 3.63) is 57.4 Å². The van der Waals surface area contributed by atoms with Crippen molar-refractivity contribution in [2.24, 2.45) is 0 Å². The number of para-hydroxylation sites is 2. The summed E-state index contributed by atoms with van der Waals surface area (Å²) in [7, 11) is 0. The Morgan fingerprint density at radius 2 is 1.89 bits per heavy atom. The van der Waals surface area contributed by atoms with Crippen molar-refractivity contribution in [2.75, 3.05) is 5.73 Å². The maximum absolute atomic E-state index is 11.9. The van der Waals surface area contributed by atoms with Crippen LogP contribution in [-0.2, 0) is 0 Å². The van der Waals surface area contributed by atoms with Gasteiger partial charge in [-0.05, 0) is 18.2 Å². The number of hydrogen-bond donors (Lipinski definition) is 2. The fourth-order valence-corrected chi connectivity index (χ4v) is 1.76. The SMILES string of the molecule is Nc1ccn(-c2nc3ccccc3[nH]c2=O)c(=O)n1. The Balaban J connectivity index is 2.33. The van der Waals surface area contributed by atoms with Gasteiger partial charge < -0.3 is 10.7 Å². The minimum atomic E-state index is -0.645. The molecule has 0 spiro atoms. The number of aromatic nitrogens is 4. The molecule has 3 rings (SSSR count). The van der Waals surface area contributed by atoms with Crippen LogP contribution in [0.5, 0.6) is 0 Å². The standard InChI is InChI=1S/C12H9N5O2/c13-9-5-6-17(12(19)16-9)10-11(18)15-8-4-2-1-3-7(8)14-10/h1-6H,(H,15,18)(H2,13,16,19). The van der Waals surface area contributed by atoms with E-state index in [1.165, 1.54) is 12.3 Å². The van der Waals surface area contributed by atoms with E-state index in [0.29, 0.717) is 11.0 Å². The van der Waals surface area contributed by atoms with Gasteiger partial charge in [-0.25, -0.2) is 14.3 Å². The lowest BCUT2D eigenvalue weighted by molar-refractivity contribution is 0.873. The van der Waals surface area contributed by atoms with E-state index in [1.54, 1.807) is 24.3 Å². The van der Waals surface area contributed by atoms with Crippen LogP contribution in [0.3, 0.4) is 0 Å². The Labute approximate surface area is 106 Å². The first kappa shape index (κ1) is 11.1. The Morgan fingerprint density at radius 1 is 1.11 bits per heavy atom. The largest absolute Gasteiger partial charge is 0.383 e. The molecule has 3 N–H and O–H groups in total. The van der Waals surface area contributed by atoms with Crippen LogP contribution in [0.4, 0.5) is 5.82 Å². The van der Waals surface area contributed by atoms with Gasteiger partial charge in [0, 0.05) is 6.20 Å².